The molecule has 0 radical (unpaired) electrons. The first kappa shape index (κ1) is 17.4. The number of rotatable bonds is 6. The quantitative estimate of drug-likeness (QED) is 0.278. The number of nitrogens with one attached hydrogen (secondary N) is 1. The molecule has 2 heterocycles. The van der Waals surface area contributed by atoms with Crippen LogP contribution in [-0.2, 0) is 6.54 Å². The summed E-state index contributed by atoms with van der Waals surface area (Å²) in [6, 6.07) is 3.60. The lowest BCUT2D eigenvalue weighted by Crippen LogP contribution is -2.24. The zero-order valence-corrected chi connectivity index (χ0v) is 14.3. The highest BCUT2D eigenvalue weighted by atomic mass is 35.5. The van der Waals surface area contributed by atoms with Crippen molar-refractivity contribution in [3.05, 3.63) is 50.7 Å². The second kappa shape index (κ2) is 8.65. The van der Waals surface area contributed by atoms with Gasteiger partial charge < -0.3 is 10.2 Å². The van der Waals surface area contributed by atoms with Crippen molar-refractivity contribution in [2.45, 2.75) is 13.5 Å². The lowest BCUT2D eigenvalue weighted by atomic mass is 10.2. The van der Waals surface area contributed by atoms with Crippen LogP contribution in [0.4, 0.5) is 0 Å². The molecule has 0 aromatic carbocycles. The Hall–Kier alpha value is -1.91. The maximum Gasteiger partial charge on any atom is 0.295 e. The molecular weight excluding hydrogens is 336 g/mol. The molecule has 0 spiro atoms. The van der Waals surface area contributed by atoms with Gasteiger partial charge in [0.1, 0.15) is 5.15 Å². The van der Waals surface area contributed by atoms with E-state index in [9.17, 15) is 10.1 Å². The zero-order chi connectivity index (χ0) is 16.7. The smallest absolute Gasteiger partial charge is 0.295 e. The van der Waals surface area contributed by atoms with Crippen LogP contribution >= 0.6 is 23.4 Å². The van der Waals surface area contributed by atoms with E-state index in [2.05, 4.69) is 22.1 Å². The molecule has 8 heteroatoms. The van der Waals surface area contributed by atoms with E-state index in [-0.39, 0.29) is 10.6 Å². The molecule has 6 nitrogen and oxygen atoms in total. The van der Waals surface area contributed by atoms with E-state index in [0.717, 1.165) is 5.56 Å². The van der Waals surface area contributed by atoms with E-state index >= 15 is 0 Å². The molecule has 1 fully saturated rings. The van der Waals surface area contributed by atoms with Crippen molar-refractivity contribution >= 4 is 23.4 Å². The Bertz CT molecular complexity index is 652. The van der Waals surface area contributed by atoms with Gasteiger partial charge in [0.05, 0.1) is 16.4 Å². The monoisotopic (exact) mass is 352 g/mol. The van der Waals surface area contributed by atoms with Gasteiger partial charge in [-0.3, -0.25) is 10.1 Å². The van der Waals surface area contributed by atoms with Crippen molar-refractivity contribution in [1.82, 2.24) is 15.2 Å². The average molecular weight is 353 g/mol. The van der Waals surface area contributed by atoms with Gasteiger partial charge in [-0.25, -0.2) is 4.98 Å². The Morgan fingerprint density at radius 1 is 1.61 bits per heavy atom. The van der Waals surface area contributed by atoms with Crippen LogP contribution in [0.25, 0.3) is 0 Å². The fourth-order valence-corrected chi connectivity index (χ4v) is 3.07. The first-order valence-electron chi connectivity index (χ1n) is 7.06. The summed E-state index contributed by atoms with van der Waals surface area (Å²) in [5, 5.41) is 15.0. The predicted molar refractivity (Wildman–Crippen MR) is 92.5 cm³/mol. The Labute approximate surface area is 144 Å². The molecule has 1 aliphatic rings. The summed E-state index contributed by atoms with van der Waals surface area (Å²) in [5.74, 6) is 7.18. The molecule has 0 saturated carbocycles. The molecule has 122 valence electrons. The average Bonchev–Trinajstić information content (AvgIpc) is 2.97. The van der Waals surface area contributed by atoms with Gasteiger partial charge in [0.2, 0.25) is 0 Å². The third-order valence-electron chi connectivity index (χ3n) is 3.24. The predicted octanol–water partition coefficient (Wildman–Crippen LogP) is 2.34. The first-order chi connectivity index (χ1) is 11.1. The van der Waals surface area contributed by atoms with E-state index < -0.39 is 0 Å². The number of hydrogen-bond acceptors (Lipinski definition) is 6. The van der Waals surface area contributed by atoms with Crippen LogP contribution in [0.2, 0.25) is 5.15 Å². The number of pyridine rings is 1. The maximum absolute atomic E-state index is 11.4. The molecule has 1 N–H and O–H groups in total. The second-order valence-electron chi connectivity index (χ2n) is 4.81. The minimum atomic E-state index is -0.312. The van der Waals surface area contributed by atoms with Gasteiger partial charge in [-0.1, -0.05) is 23.6 Å². The fraction of sp³-hybridized carbons (Fsp3) is 0.400. The van der Waals surface area contributed by atoms with Crippen molar-refractivity contribution in [1.29, 1.82) is 0 Å². The standard InChI is InChI=1S/C15H17ClN4O2S/c1-2-3-8-23-11-13(20(21)22)15-17-6-7-19(15)10-12-4-5-14(16)18-9-12/h4-5,9,17H,6-8,10-11H2,1H3/b15-13-. The molecule has 1 aromatic heterocycles. The SMILES string of the molecule is CC#CCSC/C(=C1\NCCN1Cc1ccc(Cl)nc1)[N+](=O)[O-]. The third-order valence-corrected chi connectivity index (χ3v) is 4.29. The van der Waals surface area contributed by atoms with Crippen LogP contribution in [0, 0.1) is 22.0 Å². The van der Waals surface area contributed by atoms with Crippen molar-refractivity contribution in [2.24, 2.45) is 0 Å². The number of nitro groups is 1. The zero-order valence-electron chi connectivity index (χ0n) is 12.7. The van der Waals surface area contributed by atoms with Crippen LogP contribution in [0.15, 0.2) is 29.8 Å². The molecular formula is C15H17ClN4O2S. The molecule has 0 bridgehead atoms. The highest BCUT2D eigenvalue weighted by molar-refractivity contribution is 7.99. The van der Waals surface area contributed by atoms with Gasteiger partial charge >= 0.3 is 0 Å². The van der Waals surface area contributed by atoms with Crippen molar-refractivity contribution in [3.63, 3.8) is 0 Å². The highest BCUT2D eigenvalue weighted by Crippen LogP contribution is 2.20. The largest absolute Gasteiger partial charge is 0.365 e. The fourth-order valence-electron chi connectivity index (χ4n) is 2.17. The Morgan fingerprint density at radius 3 is 3.09 bits per heavy atom. The summed E-state index contributed by atoms with van der Waals surface area (Å²) in [6.45, 7) is 3.72. The van der Waals surface area contributed by atoms with Gasteiger partial charge in [0.15, 0.2) is 5.82 Å². The van der Waals surface area contributed by atoms with Gasteiger partial charge in [-0.15, -0.1) is 17.7 Å². The number of thioether (sulfide) groups is 1. The Kier molecular flexibility index (Phi) is 6.56. The number of aromatic nitrogens is 1. The van der Waals surface area contributed by atoms with Crippen LogP contribution in [0.1, 0.15) is 12.5 Å². The summed E-state index contributed by atoms with van der Waals surface area (Å²) in [4.78, 5) is 17.1. The van der Waals surface area contributed by atoms with Crippen LogP contribution in [-0.4, -0.2) is 39.4 Å². The van der Waals surface area contributed by atoms with E-state index in [0.29, 0.717) is 42.1 Å². The molecule has 1 aromatic rings. The Morgan fingerprint density at radius 2 is 2.43 bits per heavy atom. The molecule has 0 unspecified atom stereocenters. The molecule has 2 rings (SSSR count). The van der Waals surface area contributed by atoms with Crippen molar-refractivity contribution < 1.29 is 4.92 Å². The molecule has 0 atom stereocenters. The van der Waals surface area contributed by atoms with Gasteiger partial charge in [0, 0.05) is 25.8 Å². The molecule has 1 aliphatic heterocycles. The summed E-state index contributed by atoms with van der Waals surface area (Å²) >= 11 is 7.22. The van der Waals surface area contributed by atoms with E-state index in [1.165, 1.54) is 11.8 Å². The van der Waals surface area contributed by atoms with Crippen LogP contribution < -0.4 is 5.32 Å². The second-order valence-corrected chi connectivity index (χ2v) is 6.18. The third kappa shape index (κ3) is 5.05. The molecule has 0 aliphatic carbocycles. The van der Waals surface area contributed by atoms with E-state index in [1.54, 1.807) is 19.2 Å². The van der Waals surface area contributed by atoms with Gasteiger partial charge in [-0.2, -0.15) is 0 Å². The summed E-state index contributed by atoms with van der Waals surface area (Å²) in [5.41, 5.74) is 1.15. The van der Waals surface area contributed by atoms with Crippen molar-refractivity contribution in [3.8, 4) is 11.8 Å². The summed E-state index contributed by atoms with van der Waals surface area (Å²) in [6.07, 6.45) is 1.69. The van der Waals surface area contributed by atoms with E-state index in [1.807, 2.05) is 11.0 Å². The highest BCUT2D eigenvalue weighted by Gasteiger charge is 2.27. The maximum atomic E-state index is 11.4. The minimum Gasteiger partial charge on any atom is -0.365 e. The lowest BCUT2D eigenvalue weighted by molar-refractivity contribution is -0.425. The molecule has 1 saturated heterocycles. The summed E-state index contributed by atoms with van der Waals surface area (Å²) in [7, 11) is 0. The Balaban J connectivity index is 2.12. The number of hydrogen-bond donors (Lipinski definition) is 1. The van der Waals surface area contributed by atoms with Crippen molar-refractivity contribution in [2.75, 3.05) is 24.6 Å². The van der Waals surface area contributed by atoms with Crippen LogP contribution in [0.3, 0.4) is 0 Å². The summed E-state index contributed by atoms with van der Waals surface area (Å²) < 4.78 is 0. The first-order valence-corrected chi connectivity index (χ1v) is 8.59. The molecule has 0 amide bonds. The number of nitrogens with zero attached hydrogens (tertiary/aromatic N) is 3. The minimum absolute atomic E-state index is 0.187. The topological polar surface area (TPSA) is 71.3 Å². The van der Waals surface area contributed by atoms with Crippen LogP contribution in [0.5, 0.6) is 0 Å². The molecule has 23 heavy (non-hydrogen) atoms. The van der Waals surface area contributed by atoms with E-state index in [4.69, 9.17) is 11.6 Å². The lowest BCUT2D eigenvalue weighted by Gasteiger charge is -2.18. The number of halogens is 1. The normalized spacial score (nSPS) is 15.7. The van der Waals surface area contributed by atoms with Gasteiger partial charge in [0.25, 0.3) is 5.70 Å². The van der Waals surface area contributed by atoms with Gasteiger partial charge in [-0.05, 0) is 18.6 Å².